The molecule has 24 heavy (non-hydrogen) atoms. The topological polar surface area (TPSA) is 12.2 Å². The standard InChI is InChI=1S/C20H23FNO.ClH/c1-14(2)20-18-9-8-17(23-3)12-15(18)10-11-22(20)13-16-6-4-5-7-19(16)21;/h4-9,12,14H,10-11,13H2,1-3H3;1H/q+1;/p-1. The van der Waals surface area contributed by atoms with Crippen molar-refractivity contribution in [3.05, 3.63) is 65.0 Å². The second kappa shape index (κ2) is 7.80. The van der Waals surface area contributed by atoms with Gasteiger partial charge in [-0.15, -0.1) is 0 Å². The van der Waals surface area contributed by atoms with Crippen LogP contribution < -0.4 is 17.1 Å². The maximum absolute atomic E-state index is 14.0. The molecule has 0 spiro atoms. The summed E-state index contributed by atoms with van der Waals surface area (Å²) >= 11 is 0. The van der Waals surface area contributed by atoms with Crippen LogP contribution in [0.1, 0.15) is 30.5 Å². The molecule has 1 heterocycles. The van der Waals surface area contributed by atoms with E-state index in [4.69, 9.17) is 4.74 Å². The number of benzene rings is 2. The lowest BCUT2D eigenvalue weighted by Crippen LogP contribution is -3.00. The fourth-order valence-electron chi connectivity index (χ4n) is 3.37. The van der Waals surface area contributed by atoms with E-state index < -0.39 is 0 Å². The van der Waals surface area contributed by atoms with Gasteiger partial charge in [-0.2, -0.15) is 0 Å². The highest BCUT2D eigenvalue weighted by atomic mass is 35.5. The van der Waals surface area contributed by atoms with Gasteiger partial charge in [0.25, 0.3) is 0 Å². The lowest BCUT2D eigenvalue weighted by atomic mass is 9.90. The third kappa shape index (κ3) is 3.62. The predicted molar refractivity (Wildman–Crippen MR) is 90.9 cm³/mol. The van der Waals surface area contributed by atoms with E-state index in [1.54, 1.807) is 13.2 Å². The minimum atomic E-state index is -0.129. The summed E-state index contributed by atoms with van der Waals surface area (Å²) in [5.74, 6) is 1.15. The Morgan fingerprint density at radius 2 is 1.92 bits per heavy atom. The molecule has 0 atom stereocenters. The number of rotatable bonds is 4. The first-order valence-corrected chi connectivity index (χ1v) is 8.12. The Bertz CT molecular complexity index is 755. The van der Waals surface area contributed by atoms with Crippen LogP contribution in [0.2, 0.25) is 0 Å². The van der Waals surface area contributed by atoms with E-state index in [9.17, 15) is 4.39 Å². The van der Waals surface area contributed by atoms with Crippen molar-refractivity contribution >= 4 is 5.71 Å². The largest absolute Gasteiger partial charge is 1.00 e. The van der Waals surface area contributed by atoms with Crippen LogP contribution in [0, 0.1) is 11.7 Å². The third-order valence-corrected chi connectivity index (χ3v) is 4.45. The summed E-state index contributed by atoms with van der Waals surface area (Å²) in [7, 11) is 1.70. The Morgan fingerprint density at radius 1 is 1.17 bits per heavy atom. The van der Waals surface area contributed by atoms with E-state index in [0.29, 0.717) is 12.5 Å². The summed E-state index contributed by atoms with van der Waals surface area (Å²) in [6.07, 6.45) is 0.956. The van der Waals surface area contributed by atoms with Crippen molar-refractivity contribution in [3.63, 3.8) is 0 Å². The van der Waals surface area contributed by atoms with E-state index in [1.165, 1.54) is 22.9 Å². The molecule has 0 saturated heterocycles. The van der Waals surface area contributed by atoms with Crippen LogP contribution in [0.25, 0.3) is 0 Å². The van der Waals surface area contributed by atoms with Gasteiger partial charge in [0.15, 0.2) is 12.3 Å². The van der Waals surface area contributed by atoms with Crippen molar-refractivity contribution in [1.82, 2.24) is 0 Å². The number of methoxy groups -OCH3 is 1. The van der Waals surface area contributed by atoms with Gasteiger partial charge in [-0.3, -0.25) is 0 Å². The molecule has 0 fully saturated rings. The first kappa shape index (κ1) is 18.5. The van der Waals surface area contributed by atoms with Gasteiger partial charge in [0.2, 0.25) is 0 Å². The summed E-state index contributed by atoms with van der Waals surface area (Å²) in [4.78, 5) is 0. The van der Waals surface area contributed by atoms with Crippen LogP contribution in [0.5, 0.6) is 5.75 Å². The summed E-state index contributed by atoms with van der Waals surface area (Å²) in [6, 6.07) is 13.3. The highest BCUT2D eigenvalue weighted by Crippen LogP contribution is 2.25. The van der Waals surface area contributed by atoms with E-state index >= 15 is 0 Å². The number of ether oxygens (including phenoxy) is 1. The summed E-state index contributed by atoms with van der Waals surface area (Å²) in [6.45, 7) is 5.92. The van der Waals surface area contributed by atoms with E-state index in [-0.39, 0.29) is 18.2 Å². The predicted octanol–water partition coefficient (Wildman–Crippen LogP) is 1.05. The third-order valence-electron chi connectivity index (χ3n) is 4.45. The highest BCUT2D eigenvalue weighted by molar-refractivity contribution is 6.00. The lowest BCUT2D eigenvalue weighted by Gasteiger charge is -2.21. The van der Waals surface area contributed by atoms with Gasteiger partial charge < -0.3 is 17.1 Å². The molecule has 0 radical (unpaired) electrons. The lowest BCUT2D eigenvalue weighted by molar-refractivity contribution is -0.547. The summed E-state index contributed by atoms with van der Waals surface area (Å²) in [5.41, 5.74) is 4.63. The number of hydrogen-bond donors (Lipinski definition) is 0. The van der Waals surface area contributed by atoms with E-state index in [1.807, 2.05) is 18.2 Å². The SMILES string of the molecule is COc1ccc2c(c1)CC[N+](Cc1ccccc1F)=C2C(C)C.[Cl-]. The van der Waals surface area contributed by atoms with Crippen LogP contribution in [-0.2, 0) is 13.0 Å². The minimum absolute atomic E-state index is 0. The molecule has 0 N–H and O–H groups in total. The van der Waals surface area contributed by atoms with Gasteiger partial charge in [-0.25, -0.2) is 8.97 Å². The van der Waals surface area contributed by atoms with Crippen LogP contribution in [0.15, 0.2) is 42.5 Å². The van der Waals surface area contributed by atoms with Crippen molar-refractivity contribution in [3.8, 4) is 5.75 Å². The molecule has 3 rings (SSSR count). The molecule has 0 bridgehead atoms. The number of halogens is 2. The van der Waals surface area contributed by atoms with Gasteiger partial charge in [0.05, 0.1) is 12.7 Å². The second-order valence-corrected chi connectivity index (χ2v) is 6.33. The van der Waals surface area contributed by atoms with Crippen LogP contribution in [0.4, 0.5) is 4.39 Å². The Labute approximate surface area is 149 Å². The first-order chi connectivity index (χ1) is 11.1. The van der Waals surface area contributed by atoms with E-state index in [0.717, 1.165) is 24.3 Å². The Hall–Kier alpha value is -1.87. The zero-order chi connectivity index (χ0) is 16.4. The van der Waals surface area contributed by atoms with Gasteiger partial charge in [-0.05, 0) is 35.9 Å². The molecule has 2 aromatic carbocycles. The van der Waals surface area contributed by atoms with Crippen molar-refractivity contribution in [1.29, 1.82) is 0 Å². The molecule has 1 aliphatic rings. The number of nitrogens with zero attached hydrogens (tertiary/aromatic N) is 1. The molecule has 2 nitrogen and oxygen atoms in total. The summed E-state index contributed by atoms with van der Waals surface area (Å²) < 4.78 is 21.7. The Balaban J connectivity index is 0.00000208. The molecule has 0 saturated carbocycles. The normalized spacial score (nSPS) is 13.5. The fraction of sp³-hybridized carbons (Fsp3) is 0.350. The molecule has 0 unspecified atom stereocenters. The molecule has 2 aromatic rings. The monoisotopic (exact) mass is 347 g/mol. The maximum atomic E-state index is 14.0. The van der Waals surface area contributed by atoms with Crippen molar-refractivity contribution in [2.45, 2.75) is 26.8 Å². The smallest absolute Gasteiger partial charge is 0.186 e. The molecular formula is C20H23ClFNO. The molecule has 128 valence electrons. The Kier molecular flexibility index (Phi) is 6.00. The van der Waals surface area contributed by atoms with Gasteiger partial charge in [0, 0.05) is 17.9 Å². The average Bonchev–Trinajstić information content (AvgIpc) is 2.55. The van der Waals surface area contributed by atoms with Crippen molar-refractivity contribution in [2.75, 3.05) is 13.7 Å². The van der Waals surface area contributed by atoms with Gasteiger partial charge >= 0.3 is 0 Å². The van der Waals surface area contributed by atoms with Crippen molar-refractivity contribution < 1.29 is 26.1 Å². The molecule has 0 amide bonds. The van der Waals surface area contributed by atoms with Gasteiger partial charge in [0.1, 0.15) is 18.1 Å². The summed E-state index contributed by atoms with van der Waals surface area (Å²) in [5, 5.41) is 0. The quantitative estimate of drug-likeness (QED) is 0.753. The average molecular weight is 348 g/mol. The van der Waals surface area contributed by atoms with Gasteiger partial charge in [-0.1, -0.05) is 26.0 Å². The molecule has 4 heteroatoms. The number of hydrogen-bond acceptors (Lipinski definition) is 1. The van der Waals surface area contributed by atoms with Crippen LogP contribution >= 0.6 is 0 Å². The molecule has 0 aliphatic carbocycles. The zero-order valence-electron chi connectivity index (χ0n) is 14.4. The van der Waals surface area contributed by atoms with Crippen LogP contribution in [-0.4, -0.2) is 23.9 Å². The highest BCUT2D eigenvalue weighted by Gasteiger charge is 2.28. The fourth-order valence-corrected chi connectivity index (χ4v) is 3.37. The molecule has 0 aromatic heterocycles. The molecule has 1 aliphatic heterocycles. The Morgan fingerprint density at radius 3 is 2.58 bits per heavy atom. The van der Waals surface area contributed by atoms with Crippen molar-refractivity contribution in [2.24, 2.45) is 5.92 Å². The zero-order valence-corrected chi connectivity index (χ0v) is 15.1. The first-order valence-electron chi connectivity index (χ1n) is 8.12. The van der Waals surface area contributed by atoms with E-state index in [2.05, 4.69) is 30.6 Å². The maximum Gasteiger partial charge on any atom is 0.186 e. The minimum Gasteiger partial charge on any atom is -1.00 e. The second-order valence-electron chi connectivity index (χ2n) is 6.33. The molecular weight excluding hydrogens is 325 g/mol. The number of fused-ring (bicyclic) bond motifs is 1. The van der Waals surface area contributed by atoms with Crippen LogP contribution in [0.3, 0.4) is 0 Å².